The van der Waals surface area contributed by atoms with E-state index in [2.05, 4.69) is 20.8 Å². The summed E-state index contributed by atoms with van der Waals surface area (Å²) in [5, 5.41) is 9.40. The van der Waals surface area contributed by atoms with E-state index in [0.29, 0.717) is 0 Å². The molecule has 55 valence electrons. The van der Waals surface area contributed by atoms with Crippen LogP contribution in [0.1, 0.15) is 39.5 Å². The van der Waals surface area contributed by atoms with Gasteiger partial charge in [0.25, 0.3) is 0 Å². The Labute approximate surface area is 58.1 Å². The van der Waals surface area contributed by atoms with Gasteiger partial charge >= 0.3 is 0 Å². The summed E-state index contributed by atoms with van der Waals surface area (Å²) < 4.78 is 0. The first-order chi connectivity index (χ1) is 4.12. The quantitative estimate of drug-likeness (QED) is 0.616. The van der Waals surface area contributed by atoms with Gasteiger partial charge < -0.3 is 5.11 Å². The summed E-state index contributed by atoms with van der Waals surface area (Å²) >= 11 is 0. The van der Waals surface area contributed by atoms with E-state index < -0.39 is 5.60 Å². The Morgan fingerprint density at radius 1 is 1.22 bits per heavy atom. The molecule has 1 heteroatoms. The molecular formula is C8H17O. The van der Waals surface area contributed by atoms with Crippen molar-refractivity contribution in [3.05, 3.63) is 6.92 Å². The van der Waals surface area contributed by atoms with Crippen molar-refractivity contribution >= 4 is 0 Å². The standard InChI is InChI=1S/C8H17O/c1-4-6-8(3,9)7-5-2/h9H,3-7H2,1-2H3. The van der Waals surface area contributed by atoms with Crippen LogP contribution in [-0.2, 0) is 0 Å². The molecule has 0 aliphatic rings. The van der Waals surface area contributed by atoms with Crippen LogP contribution in [0.25, 0.3) is 0 Å². The normalized spacial score (nSPS) is 12.0. The van der Waals surface area contributed by atoms with Crippen molar-refractivity contribution < 1.29 is 5.11 Å². The highest BCUT2D eigenvalue weighted by molar-refractivity contribution is 4.79. The lowest BCUT2D eigenvalue weighted by molar-refractivity contribution is 0.0677. The summed E-state index contributed by atoms with van der Waals surface area (Å²) in [6.07, 6.45) is 3.67. The smallest absolute Gasteiger partial charge is 0.0648 e. The molecule has 0 aliphatic carbocycles. The number of hydrogen-bond donors (Lipinski definition) is 1. The third-order valence-electron chi connectivity index (χ3n) is 1.43. The van der Waals surface area contributed by atoms with E-state index in [1.807, 2.05) is 0 Å². The van der Waals surface area contributed by atoms with Gasteiger partial charge in [-0.1, -0.05) is 26.7 Å². The molecule has 0 spiro atoms. The van der Waals surface area contributed by atoms with Crippen molar-refractivity contribution in [2.75, 3.05) is 0 Å². The highest BCUT2D eigenvalue weighted by Gasteiger charge is 2.16. The Morgan fingerprint density at radius 2 is 1.56 bits per heavy atom. The summed E-state index contributed by atoms with van der Waals surface area (Å²) in [5.74, 6) is 0. The van der Waals surface area contributed by atoms with E-state index in [0.717, 1.165) is 25.7 Å². The van der Waals surface area contributed by atoms with Gasteiger partial charge in [0.2, 0.25) is 0 Å². The van der Waals surface area contributed by atoms with E-state index in [9.17, 15) is 5.11 Å². The molecule has 0 aromatic carbocycles. The van der Waals surface area contributed by atoms with Gasteiger partial charge in [-0.2, -0.15) is 0 Å². The maximum Gasteiger partial charge on any atom is 0.0648 e. The molecular weight excluding hydrogens is 112 g/mol. The second kappa shape index (κ2) is 3.89. The molecule has 0 aliphatic heterocycles. The van der Waals surface area contributed by atoms with Crippen molar-refractivity contribution in [3.8, 4) is 0 Å². The van der Waals surface area contributed by atoms with Gasteiger partial charge in [-0.3, -0.25) is 0 Å². The lowest BCUT2D eigenvalue weighted by Crippen LogP contribution is -2.23. The Morgan fingerprint density at radius 3 is 1.78 bits per heavy atom. The van der Waals surface area contributed by atoms with Gasteiger partial charge in [0, 0.05) is 0 Å². The second-order valence-corrected chi connectivity index (χ2v) is 2.72. The third-order valence-corrected chi connectivity index (χ3v) is 1.43. The van der Waals surface area contributed by atoms with Crippen LogP contribution >= 0.6 is 0 Å². The summed E-state index contributed by atoms with van der Waals surface area (Å²) in [7, 11) is 0. The molecule has 0 heterocycles. The zero-order chi connectivity index (χ0) is 7.33. The Balaban J connectivity index is 3.43. The molecule has 0 saturated carbocycles. The van der Waals surface area contributed by atoms with Crippen LogP contribution in [-0.4, -0.2) is 10.7 Å². The number of aliphatic hydroxyl groups is 1. The first kappa shape index (κ1) is 8.96. The minimum absolute atomic E-state index is 0.649. The van der Waals surface area contributed by atoms with Crippen molar-refractivity contribution in [1.29, 1.82) is 0 Å². The average Bonchev–Trinajstić information content (AvgIpc) is 1.64. The molecule has 0 aromatic rings. The first-order valence-corrected chi connectivity index (χ1v) is 3.70. The fraction of sp³-hybridized carbons (Fsp3) is 0.875. The zero-order valence-corrected chi connectivity index (χ0v) is 6.48. The molecule has 0 fully saturated rings. The van der Waals surface area contributed by atoms with E-state index in [-0.39, 0.29) is 0 Å². The highest BCUT2D eigenvalue weighted by atomic mass is 16.3. The van der Waals surface area contributed by atoms with Gasteiger partial charge in [0.15, 0.2) is 0 Å². The van der Waals surface area contributed by atoms with Gasteiger partial charge in [0.1, 0.15) is 0 Å². The largest absolute Gasteiger partial charge is 0.390 e. The molecule has 1 nitrogen and oxygen atoms in total. The zero-order valence-electron chi connectivity index (χ0n) is 6.48. The lowest BCUT2D eigenvalue weighted by atomic mass is 9.95. The molecule has 0 aromatic heterocycles. The van der Waals surface area contributed by atoms with Gasteiger partial charge in [-0.15, -0.1) is 0 Å². The van der Waals surface area contributed by atoms with Crippen molar-refractivity contribution in [1.82, 2.24) is 0 Å². The average molecular weight is 129 g/mol. The molecule has 0 bridgehead atoms. The highest BCUT2D eigenvalue weighted by Crippen LogP contribution is 2.16. The minimum Gasteiger partial charge on any atom is -0.390 e. The van der Waals surface area contributed by atoms with Crippen LogP contribution in [0.3, 0.4) is 0 Å². The Kier molecular flexibility index (Phi) is 3.87. The van der Waals surface area contributed by atoms with Gasteiger partial charge in [-0.05, 0) is 19.8 Å². The number of rotatable bonds is 4. The number of hydrogen-bond acceptors (Lipinski definition) is 1. The van der Waals surface area contributed by atoms with Crippen LogP contribution in [0.2, 0.25) is 0 Å². The summed E-state index contributed by atoms with van der Waals surface area (Å²) in [5.41, 5.74) is -0.649. The van der Waals surface area contributed by atoms with Crippen molar-refractivity contribution in [3.63, 3.8) is 0 Å². The minimum atomic E-state index is -0.649. The summed E-state index contributed by atoms with van der Waals surface area (Å²) in [4.78, 5) is 0. The van der Waals surface area contributed by atoms with Crippen LogP contribution in [0.15, 0.2) is 0 Å². The fourth-order valence-electron chi connectivity index (χ4n) is 1.06. The van der Waals surface area contributed by atoms with Crippen molar-refractivity contribution in [2.45, 2.75) is 45.1 Å². The molecule has 1 N–H and O–H groups in total. The van der Waals surface area contributed by atoms with Gasteiger partial charge in [-0.25, -0.2) is 0 Å². The van der Waals surface area contributed by atoms with E-state index in [1.54, 1.807) is 0 Å². The Bertz CT molecular complexity index is 59.0. The van der Waals surface area contributed by atoms with Gasteiger partial charge in [0.05, 0.1) is 5.60 Å². The molecule has 1 radical (unpaired) electrons. The second-order valence-electron chi connectivity index (χ2n) is 2.72. The summed E-state index contributed by atoms with van der Waals surface area (Å²) in [6.45, 7) is 7.83. The molecule has 0 atom stereocenters. The summed E-state index contributed by atoms with van der Waals surface area (Å²) in [6, 6.07) is 0. The van der Waals surface area contributed by atoms with Crippen LogP contribution in [0, 0.1) is 6.92 Å². The van der Waals surface area contributed by atoms with Crippen LogP contribution in [0.5, 0.6) is 0 Å². The predicted octanol–water partition coefficient (Wildman–Crippen LogP) is 2.15. The van der Waals surface area contributed by atoms with E-state index in [4.69, 9.17) is 0 Å². The first-order valence-electron chi connectivity index (χ1n) is 3.70. The molecule has 0 amide bonds. The lowest BCUT2D eigenvalue weighted by Gasteiger charge is -2.20. The van der Waals surface area contributed by atoms with Crippen LogP contribution in [0.4, 0.5) is 0 Å². The molecule has 9 heavy (non-hydrogen) atoms. The Hall–Kier alpha value is -0.0400. The maximum absolute atomic E-state index is 9.40. The maximum atomic E-state index is 9.40. The monoisotopic (exact) mass is 129 g/mol. The van der Waals surface area contributed by atoms with Crippen molar-refractivity contribution in [2.24, 2.45) is 0 Å². The topological polar surface area (TPSA) is 20.2 Å². The third kappa shape index (κ3) is 4.46. The van der Waals surface area contributed by atoms with E-state index in [1.165, 1.54) is 0 Å². The SMILES string of the molecule is [CH2]C(O)(CCC)CCC. The molecule has 0 unspecified atom stereocenters. The van der Waals surface area contributed by atoms with Crippen LogP contribution < -0.4 is 0 Å². The van der Waals surface area contributed by atoms with E-state index >= 15 is 0 Å². The molecule has 0 rings (SSSR count). The fourth-order valence-corrected chi connectivity index (χ4v) is 1.06. The predicted molar refractivity (Wildman–Crippen MR) is 40.1 cm³/mol. The molecule has 0 saturated heterocycles.